The fraction of sp³-hybridized carbons (Fsp3) is 0.357. The van der Waals surface area contributed by atoms with Crippen LogP contribution in [0.1, 0.15) is 27.9 Å². The van der Waals surface area contributed by atoms with Gasteiger partial charge >= 0.3 is 0 Å². The Balaban J connectivity index is 2.48. The number of phenolic OH excluding ortho intramolecular Hbond substituents is 1. The van der Waals surface area contributed by atoms with E-state index in [0.29, 0.717) is 12.3 Å². The van der Waals surface area contributed by atoms with E-state index in [4.69, 9.17) is 5.73 Å². The summed E-state index contributed by atoms with van der Waals surface area (Å²) in [4.78, 5) is 6.59. The van der Waals surface area contributed by atoms with Gasteiger partial charge in [0.2, 0.25) is 0 Å². The molecule has 1 atom stereocenters. The lowest BCUT2D eigenvalue weighted by Crippen LogP contribution is -2.21. The Labute approximate surface area is 117 Å². The Hall–Kier alpha value is -1.43. The molecular formula is C14H19N3OS. The van der Waals surface area contributed by atoms with E-state index in [2.05, 4.69) is 4.98 Å². The van der Waals surface area contributed by atoms with E-state index >= 15 is 0 Å². The first-order chi connectivity index (χ1) is 9.02. The molecule has 0 aliphatic rings. The number of nitrogens with zero attached hydrogens (tertiary/aromatic N) is 2. The smallest absolute Gasteiger partial charge is 0.120 e. The minimum atomic E-state index is -0.0507. The number of nitrogens with two attached hydrogens (primary N) is 1. The highest BCUT2D eigenvalue weighted by Crippen LogP contribution is 2.34. The summed E-state index contributed by atoms with van der Waals surface area (Å²) in [5.41, 5.74) is 8.50. The molecule has 1 aromatic heterocycles. The maximum atomic E-state index is 10.1. The molecule has 0 fully saturated rings. The molecule has 2 aromatic rings. The average Bonchev–Trinajstić information content (AvgIpc) is 2.82. The Bertz CT molecular complexity index is 566. The van der Waals surface area contributed by atoms with Gasteiger partial charge in [0.25, 0.3) is 0 Å². The quantitative estimate of drug-likeness (QED) is 0.900. The first-order valence-electron chi connectivity index (χ1n) is 6.13. The highest BCUT2D eigenvalue weighted by Gasteiger charge is 2.23. The SMILES string of the molecule is Cc1ccc(O)c(C(c2nc(CN)cs2)N(C)C)c1. The molecule has 3 N–H and O–H groups in total. The molecule has 4 nitrogen and oxygen atoms in total. The molecule has 0 amide bonds. The van der Waals surface area contributed by atoms with Gasteiger partial charge in [-0.2, -0.15) is 0 Å². The first kappa shape index (κ1) is 14.0. The number of aromatic nitrogens is 1. The van der Waals surface area contributed by atoms with Crippen LogP contribution in [-0.4, -0.2) is 29.1 Å². The van der Waals surface area contributed by atoms with Crippen molar-refractivity contribution in [3.63, 3.8) is 0 Å². The largest absolute Gasteiger partial charge is 0.508 e. The van der Waals surface area contributed by atoms with E-state index < -0.39 is 0 Å². The van der Waals surface area contributed by atoms with E-state index in [0.717, 1.165) is 21.8 Å². The molecule has 0 aliphatic carbocycles. The van der Waals surface area contributed by atoms with Crippen LogP contribution in [0.25, 0.3) is 0 Å². The highest BCUT2D eigenvalue weighted by molar-refractivity contribution is 7.09. The number of aromatic hydroxyl groups is 1. The van der Waals surface area contributed by atoms with Crippen molar-refractivity contribution in [2.75, 3.05) is 14.1 Å². The van der Waals surface area contributed by atoms with Crippen molar-refractivity contribution in [3.05, 3.63) is 45.4 Å². The van der Waals surface area contributed by atoms with E-state index in [1.165, 1.54) is 0 Å². The number of rotatable bonds is 4. The molecule has 0 bridgehead atoms. The van der Waals surface area contributed by atoms with Gasteiger partial charge in [-0.05, 0) is 27.1 Å². The topological polar surface area (TPSA) is 62.4 Å². The summed E-state index contributed by atoms with van der Waals surface area (Å²) in [6, 6.07) is 5.59. The molecule has 2 rings (SSSR count). The minimum absolute atomic E-state index is 0.0507. The van der Waals surface area contributed by atoms with Crippen molar-refractivity contribution >= 4 is 11.3 Å². The Morgan fingerprint density at radius 3 is 2.74 bits per heavy atom. The first-order valence-corrected chi connectivity index (χ1v) is 7.01. The third kappa shape index (κ3) is 2.94. The second-order valence-electron chi connectivity index (χ2n) is 4.81. The van der Waals surface area contributed by atoms with Crippen LogP contribution in [0.3, 0.4) is 0 Å². The molecule has 1 aromatic carbocycles. The second-order valence-corrected chi connectivity index (χ2v) is 5.70. The number of hydrogen-bond acceptors (Lipinski definition) is 5. The number of hydrogen-bond donors (Lipinski definition) is 2. The highest BCUT2D eigenvalue weighted by atomic mass is 32.1. The van der Waals surface area contributed by atoms with Gasteiger partial charge in [-0.1, -0.05) is 17.7 Å². The number of aryl methyl sites for hydroxylation is 1. The molecular weight excluding hydrogens is 258 g/mol. The number of thiazole rings is 1. The van der Waals surface area contributed by atoms with Gasteiger partial charge in [-0.3, -0.25) is 4.90 Å². The van der Waals surface area contributed by atoms with Crippen LogP contribution in [0.15, 0.2) is 23.6 Å². The van der Waals surface area contributed by atoms with Crippen LogP contribution < -0.4 is 5.73 Å². The molecule has 1 unspecified atom stereocenters. The van der Waals surface area contributed by atoms with Crippen LogP contribution in [-0.2, 0) is 6.54 Å². The monoisotopic (exact) mass is 277 g/mol. The van der Waals surface area contributed by atoms with Gasteiger partial charge in [-0.25, -0.2) is 4.98 Å². The second kappa shape index (κ2) is 5.69. The predicted molar refractivity (Wildman–Crippen MR) is 78.4 cm³/mol. The van der Waals surface area contributed by atoms with Crippen molar-refractivity contribution in [2.45, 2.75) is 19.5 Å². The normalized spacial score (nSPS) is 12.9. The van der Waals surface area contributed by atoms with Crippen molar-refractivity contribution in [2.24, 2.45) is 5.73 Å². The molecule has 19 heavy (non-hydrogen) atoms. The number of benzene rings is 1. The zero-order valence-electron chi connectivity index (χ0n) is 11.4. The van der Waals surface area contributed by atoms with Crippen LogP contribution in [0.5, 0.6) is 5.75 Å². The fourth-order valence-electron chi connectivity index (χ4n) is 2.07. The van der Waals surface area contributed by atoms with Gasteiger partial charge in [0.15, 0.2) is 0 Å². The summed E-state index contributed by atoms with van der Waals surface area (Å²) in [5, 5.41) is 13.0. The zero-order chi connectivity index (χ0) is 14.0. The van der Waals surface area contributed by atoms with Crippen molar-refractivity contribution in [3.8, 4) is 5.75 Å². The van der Waals surface area contributed by atoms with Gasteiger partial charge in [0.1, 0.15) is 10.8 Å². The minimum Gasteiger partial charge on any atom is -0.508 e. The van der Waals surface area contributed by atoms with Crippen LogP contribution in [0, 0.1) is 6.92 Å². The van der Waals surface area contributed by atoms with Crippen LogP contribution >= 0.6 is 11.3 Å². The molecule has 0 spiro atoms. The summed E-state index contributed by atoms with van der Waals surface area (Å²) in [6.45, 7) is 2.46. The summed E-state index contributed by atoms with van der Waals surface area (Å²) < 4.78 is 0. The lowest BCUT2D eigenvalue weighted by molar-refractivity contribution is 0.330. The van der Waals surface area contributed by atoms with Gasteiger partial charge in [-0.15, -0.1) is 11.3 Å². The molecule has 0 saturated carbocycles. The molecule has 5 heteroatoms. The molecule has 1 heterocycles. The van der Waals surface area contributed by atoms with E-state index in [1.54, 1.807) is 17.4 Å². The Morgan fingerprint density at radius 2 is 2.16 bits per heavy atom. The van der Waals surface area contributed by atoms with Crippen molar-refractivity contribution in [1.82, 2.24) is 9.88 Å². The third-order valence-corrected chi connectivity index (χ3v) is 3.95. The summed E-state index contributed by atoms with van der Waals surface area (Å²) in [5.74, 6) is 0.300. The van der Waals surface area contributed by atoms with E-state index in [-0.39, 0.29) is 6.04 Å². The molecule has 0 saturated heterocycles. The lowest BCUT2D eigenvalue weighted by Gasteiger charge is -2.23. The molecule has 0 radical (unpaired) electrons. The average molecular weight is 277 g/mol. The zero-order valence-corrected chi connectivity index (χ0v) is 12.2. The van der Waals surface area contributed by atoms with Crippen LogP contribution in [0.2, 0.25) is 0 Å². The lowest BCUT2D eigenvalue weighted by atomic mass is 10.0. The summed E-state index contributed by atoms with van der Waals surface area (Å²) >= 11 is 1.58. The van der Waals surface area contributed by atoms with Gasteiger partial charge in [0.05, 0.1) is 11.7 Å². The number of phenols is 1. The standard InChI is InChI=1S/C14H19N3OS/c1-9-4-5-12(18)11(6-9)13(17(2)3)14-16-10(7-15)8-19-14/h4-6,8,13,18H,7,15H2,1-3H3. The Kier molecular flexibility index (Phi) is 4.19. The predicted octanol–water partition coefficient (Wildman–Crippen LogP) is 2.27. The van der Waals surface area contributed by atoms with Gasteiger partial charge < -0.3 is 10.8 Å². The Morgan fingerprint density at radius 1 is 1.42 bits per heavy atom. The van der Waals surface area contributed by atoms with Crippen LogP contribution in [0.4, 0.5) is 0 Å². The van der Waals surface area contributed by atoms with E-state index in [9.17, 15) is 5.11 Å². The third-order valence-electron chi connectivity index (χ3n) is 3.01. The van der Waals surface area contributed by atoms with Gasteiger partial charge in [0, 0.05) is 17.5 Å². The molecule has 102 valence electrons. The maximum Gasteiger partial charge on any atom is 0.120 e. The summed E-state index contributed by atoms with van der Waals surface area (Å²) in [7, 11) is 3.96. The van der Waals surface area contributed by atoms with Crippen molar-refractivity contribution in [1.29, 1.82) is 0 Å². The molecule has 0 aliphatic heterocycles. The maximum absolute atomic E-state index is 10.1. The van der Waals surface area contributed by atoms with E-state index in [1.807, 2.05) is 43.4 Å². The summed E-state index contributed by atoms with van der Waals surface area (Å²) in [6.07, 6.45) is 0. The van der Waals surface area contributed by atoms with Crippen molar-refractivity contribution < 1.29 is 5.11 Å². The fourth-order valence-corrected chi connectivity index (χ4v) is 3.11.